The van der Waals surface area contributed by atoms with Gasteiger partial charge in [-0.15, -0.1) is 0 Å². The van der Waals surface area contributed by atoms with Crippen LogP contribution in [-0.2, 0) is 6.42 Å². The molecule has 4 nitrogen and oxygen atoms in total. The van der Waals surface area contributed by atoms with Crippen molar-refractivity contribution in [3.63, 3.8) is 0 Å². The van der Waals surface area contributed by atoms with Gasteiger partial charge in [-0.25, -0.2) is 0 Å². The van der Waals surface area contributed by atoms with Gasteiger partial charge in [0.15, 0.2) is 0 Å². The number of nitrogens with one attached hydrogen (secondary N) is 1. The van der Waals surface area contributed by atoms with E-state index >= 15 is 0 Å². The molecule has 0 aliphatic heterocycles. The van der Waals surface area contributed by atoms with Gasteiger partial charge in [-0.3, -0.25) is 4.98 Å². The van der Waals surface area contributed by atoms with Crippen LogP contribution < -0.4 is 14.8 Å². The molecular weight excluding hydrogens is 332 g/mol. The summed E-state index contributed by atoms with van der Waals surface area (Å²) in [5.74, 6) is 1.64. The predicted molar refractivity (Wildman–Crippen MR) is 87.0 cm³/mol. The molecular formula is C16H19BrN2O2. The highest BCUT2D eigenvalue weighted by Gasteiger charge is 2.16. The predicted octanol–water partition coefficient (Wildman–Crippen LogP) is 3.36. The van der Waals surface area contributed by atoms with Crippen LogP contribution in [0.15, 0.2) is 41.1 Å². The van der Waals surface area contributed by atoms with Crippen LogP contribution in [0.4, 0.5) is 0 Å². The monoisotopic (exact) mass is 350 g/mol. The molecule has 0 radical (unpaired) electrons. The lowest BCUT2D eigenvalue weighted by atomic mass is 9.99. The summed E-state index contributed by atoms with van der Waals surface area (Å²) in [6, 6.07) is 8.10. The molecule has 21 heavy (non-hydrogen) atoms. The molecule has 0 fully saturated rings. The van der Waals surface area contributed by atoms with Crippen LogP contribution >= 0.6 is 15.9 Å². The third-order valence-corrected chi connectivity index (χ3v) is 4.21. The molecule has 2 rings (SSSR count). The van der Waals surface area contributed by atoms with Crippen molar-refractivity contribution in [2.24, 2.45) is 0 Å². The summed E-state index contributed by atoms with van der Waals surface area (Å²) >= 11 is 3.60. The lowest BCUT2D eigenvalue weighted by Crippen LogP contribution is -2.20. The number of likely N-dealkylation sites (N-methyl/N-ethyl adjacent to an activating group) is 1. The number of hydrogen-bond donors (Lipinski definition) is 1. The third kappa shape index (κ3) is 3.74. The first kappa shape index (κ1) is 15.8. The zero-order valence-electron chi connectivity index (χ0n) is 12.4. The van der Waals surface area contributed by atoms with Gasteiger partial charge < -0.3 is 14.8 Å². The molecule has 112 valence electrons. The largest absolute Gasteiger partial charge is 0.497 e. The van der Waals surface area contributed by atoms with E-state index in [1.807, 2.05) is 31.3 Å². The number of ether oxygens (including phenoxy) is 2. The second kappa shape index (κ2) is 7.43. The van der Waals surface area contributed by atoms with E-state index in [-0.39, 0.29) is 6.04 Å². The Morgan fingerprint density at radius 2 is 2.05 bits per heavy atom. The highest BCUT2D eigenvalue weighted by Crippen LogP contribution is 2.30. The Labute approximate surface area is 133 Å². The van der Waals surface area contributed by atoms with Crippen LogP contribution in [0.3, 0.4) is 0 Å². The molecule has 0 amide bonds. The van der Waals surface area contributed by atoms with Gasteiger partial charge in [-0.05, 0) is 43.3 Å². The van der Waals surface area contributed by atoms with E-state index in [2.05, 4.69) is 26.2 Å². The van der Waals surface area contributed by atoms with E-state index in [4.69, 9.17) is 9.47 Å². The number of benzene rings is 1. The van der Waals surface area contributed by atoms with Crippen LogP contribution in [-0.4, -0.2) is 26.3 Å². The molecule has 1 unspecified atom stereocenters. The summed E-state index contributed by atoms with van der Waals surface area (Å²) in [5, 5.41) is 3.34. The standard InChI is InChI=1S/C16H19BrN2O2/c1-18-15(13-6-7-19-10-16(13)21-3)9-11-8-12(20-2)4-5-14(11)17/h4-8,10,15,18H,9H2,1-3H3. The number of hydrogen-bond acceptors (Lipinski definition) is 4. The van der Waals surface area contributed by atoms with E-state index in [9.17, 15) is 0 Å². The Morgan fingerprint density at radius 3 is 2.71 bits per heavy atom. The average molecular weight is 351 g/mol. The summed E-state index contributed by atoms with van der Waals surface area (Å²) in [7, 11) is 5.28. The number of pyridine rings is 1. The van der Waals surface area contributed by atoms with Crippen LogP contribution in [0.25, 0.3) is 0 Å². The Hall–Kier alpha value is -1.59. The Morgan fingerprint density at radius 1 is 1.24 bits per heavy atom. The van der Waals surface area contributed by atoms with E-state index < -0.39 is 0 Å². The number of nitrogens with zero attached hydrogens (tertiary/aromatic N) is 1. The van der Waals surface area contributed by atoms with Crippen molar-refractivity contribution in [3.8, 4) is 11.5 Å². The highest BCUT2D eigenvalue weighted by atomic mass is 79.9. The van der Waals surface area contributed by atoms with E-state index in [0.29, 0.717) is 0 Å². The Kier molecular flexibility index (Phi) is 5.59. The quantitative estimate of drug-likeness (QED) is 0.867. The molecule has 5 heteroatoms. The van der Waals surface area contributed by atoms with Gasteiger partial charge >= 0.3 is 0 Å². The number of rotatable bonds is 6. The first-order chi connectivity index (χ1) is 10.2. The first-order valence-corrected chi connectivity index (χ1v) is 7.46. The molecule has 0 spiro atoms. The van der Waals surface area contributed by atoms with Crippen molar-refractivity contribution in [3.05, 3.63) is 52.3 Å². The topological polar surface area (TPSA) is 43.4 Å². The molecule has 0 aliphatic rings. The van der Waals surface area contributed by atoms with Crippen molar-refractivity contribution in [2.75, 3.05) is 21.3 Å². The molecule has 0 bridgehead atoms. The maximum Gasteiger partial charge on any atom is 0.141 e. The van der Waals surface area contributed by atoms with Gasteiger partial charge in [0.25, 0.3) is 0 Å². The number of aromatic nitrogens is 1. The SMILES string of the molecule is CNC(Cc1cc(OC)ccc1Br)c1ccncc1OC. The van der Waals surface area contributed by atoms with Crippen LogP contribution in [0, 0.1) is 0 Å². The number of halogens is 1. The van der Waals surface area contributed by atoms with E-state index in [1.165, 1.54) is 5.56 Å². The molecule has 1 N–H and O–H groups in total. The maximum absolute atomic E-state index is 5.40. The Bertz CT molecular complexity index is 605. The van der Waals surface area contributed by atoms with Gasteiger partial charge in [-0.1, -0.05) is 15.9 Å². The minimum Gasteiger partial charge on any atom is -0.497 e. The summed E-state index contributed by atoms with van der Waals surface area (Å²) in [6.07, 6.45) is 4.33. The van der Waals surface area contributed by atoms with Gasteiger partial charge in [0, 0.05) is 22.3 Å². The molecule has 1 aromatic heterocycles. The second-order valence-corrected chi connectivity index (χ2v) is 5.47. The first-order valence-electron chi connectivity index (χ1n) is 6.67. The normalized spacial score (nSPS) is 12.0. The van der Waals surface area contributed by atoms with Crippen molar-refractivity contribution in [1.29, 1.82) is 0 Å². The lowest BCUT2D eigenvalue weighted by Gasteiger charge is -2.20. The minimum atomic E-state index is 0.131. The van der Waals surface area contributed by atoms with E-state index in [1.54, 1.807) is 26.6 Å². The van der Waals surface area contributed by atoms with Crippen LogP contribution in [0.2, 0.25) is 0 Å². The number of methoxy groups -OCH3 is 2. The van der Waals surface area contributed by atoms with Crippen LogP contribution in [0.1, 0.15) is 17.2 Å². The summed E-state index contributed by atoms with van der Waals surface area (Å²) < 4.78 is 11.8. The van der Waals surface area contributed by atoms with Crippen molar-refractivity contribution < 1.29 is 9.47 Å². The van der Waals surface area contributed by atoms with Gasteiger partial charge in [0.1, 0.15) is 11.5 Å². The van der Waals surface area contributed by atoms with Gasteiger partial charge in [0.05, 0.1) is 20.4 Å². The summed E-state index contributed by atoms with van der Waals surface area (Å²) in [5.41, 5.74) is 2.26. The molecule has 1 atom stereocenters. The zero-order chi connectivity index (χ0) is 15.2. The van der Waals surface area contributed by atoms with Crippen LogP contribution in [0.5, 0.6) is 11.5 Å². The zero-order valence-corrected chi connectivity index (χ0v) is 14.0. The van der Waals surface area contributed by atoms with Gasteiger partial charge in [0.2, 0.25) is 0 Å². The smallest absolute Gasteiger partial charge is 0.141 e. The van der Waals surface area contributed by atoms with Crippen molar-refractivity contribution in [1.82, 2.24) is 10.3 Å². The lowest BCUT2D eigenvalue weighted by molar-refractivity contribution is 0.398. The van der Waals surface area contributed by atoms with Crippen molar-refractivity contribution >= 4 is 15.9 Å². The summed E-state index contributed by atoms with van der Waals surface area (Å²) in [4.78, 5) is 4.10. The minimum absolute atomic E-state index is 0.131. The molecule has 0 saturated carbocycles. The Balaban J connectivity index is 2.31. The highest BCUT2D eigenvalue weighted by molar-refractivity contribution is 9.10. The summed E-state index contributed by atoms with van der Waals surface area (Å²) in [6.45, 7) is 0. The molecule has 1 heterocycles. The fraction of sp³-hybridized carbons (Fsp3) is 0.312. The fourth-order valence-corrected chi connectivity index (χ4v) is 2.68. The molecule has 2 aromatic rings. The third-order valence-electron chi connectivity index (χ3n) is 3.44. The molecule has 0 aliphatic carbocycles. The maximum atomic E-state index is 5.40. The average Bonchev–Trinajstić information content (AvgIpc) is 2.54. The second-order valence-electron chi connectivity index (χ2n) is 4.62. The molecule has 1 aromatic carbocycles. The molecule has 0 saturated heterocycles. The van der Waals surface area contributed by atoms with E-state index in [0.717, 1.165) is 28.0 Å². The van der Waals surface area contributed by atoms with Crippen molar-refractivity contribution in [2.45, 2.75) is 12.5 Å². The fourth-order valence-electron chi connectivity index (χ4n) is 2.27. The van der Waals surface area contributed by atoms with Gasteiger partial charge in [-0.2, -0.15) is 0 Å².